The highest BCUT2D eigenvalue weighted by atomic mass is 35.5. The Morgan fingerprint density at radius 1 is 1.22 bits per heavy atom. The fraction of sp³-hybridized carbons (Fsp3) is 0. The predicted molar refractivity (Wildman–Crippen MR) is 69.6 cm³/mol. The molecular weight excluding hydrogens is 272 g/mol. The van der Waals surface area contributed by atoms with E-state index < -0.39 is 0 Å². The van der Waals surface area contributed by atoms with Gasteiger partial charge in [-0.25, -0.2) is 15.0 Å². The van der Waals surface area contributed by atoms with Crippen LogP contribution in [0.2, 0.25) is 5.28 Å². The van der Waals surface area contributed by atoms with Crippen molar-refractivity contribution in [3.63, 3.8) is 0 Å². The zero-order chi connectivity index (χ0) is 12.5. The zero-order valence-electron chi connectivity index (χ0n) is 9.00. The van der Waals surface area contributed by atoms with Crippen LogP contribution in [0.1, 0.15) is 0 Å². The Balaban J connectivity index is 1.98. The molecule has 0 fully saturated rings. The smallest absolute Gasteiger partial charge is 0.263 e. The summed E-state index contributed by atoms with van der Waals surface area (Å²) in [5.41, 5.74) is 7.71. The number of nitrogens with zero attached hydrogens (tertiary/aromatic N) is 3. The Morgan fingerprint density at radius 3 is 2.89 bits per heavy atom. The van der Waals surface area contributed by atoms with Gasteiger partial charge in [-0.2, -0.15) is 0 Å². The summed E-state index contributed by atoms with van der Waals surface area (Å²) in [5.74, 6) is 0. The fourth-order valence-electron chi connectivity index (χ4n) is 1.41. The van der Waals surface area contributed by atoms with E-state index in [2.05, 4.69) is 15.0 Å². The number of para-hydroxylation sites is 2. The molecule has 0 unspecified atom stereocenters. The van der Waals surface area contributed by atoms with Gasteiger partial charge in [0.2, 0.25) is 5.28 Å². The average Bonchev–Trinajstić information content (AvgIpc) is 2.76. The monoisotopic (exact) mass is 278 g/mol. The standard InChI is InChI=1S/C11H7ClN4OS/c12-10-14-5-6(13)9(16-10)18-11-15-7-3-1-2-4-8(7)17-11/h1-5H,13H2. The number of fused-ring (bicyclic) bond motifs is 1. The third-order valence-corrected chi connectivity index (χ3v) is 3.26. The van der Waals surface area contributed by atoms with E-state index in [-0.39, 0.29) is 5.28 Å². The number of nitrogen functional groups attached to an aromatic ring is 1. The van der Waals surface area contributed by atoms with E-state index >= 15 is 0 Å². The van der Waals surface area contributed by atoms with Crippen molar-refractivity contribution in [1.29, 1.82) is 0 Å². The predicted octanol–water partition coefficient (Wildman–Crippen LogP) is 3.00. The van der Waals surface area contributed by atoms with Gasteiger partial charge in [0.15, 0.2) is 5.58 Å². The van der Waals surface area contributed by atoms with E-state index in [0.717, 1.165) is 11.1 Å². The highest BCUT2D eigenvalue weighted by Crippen LogP contribution is 2.31. The van der Waals surface area contributed by atoms with E-state index in [1.807, 2.05) is 24.3 Å². The largest absolute Gasteiger partial charge is 0.431 e. The third-order valence-electron chi connectivity index (χ3n) is 2.21. The molecular formula is C11H7ClN4OS. The molecule has 2 aromatic heterocycles. The number of hydrogen-bond acceptors (Lipinski definition) is 6. The molecule has 0 saturated heterocycles. The van der Waals surface area contributed by atoms with Crippen LogP contribution in [0, 0.1) is 0 Å². The highest BCUT2D eigenvalue weighted by molar-refractivity contribution is 7.99. The number of hydrogen-bond donors (Lipinski definition) is 1. The minimum atomic E-state index is 0.141. The van der Waals surface area contributed by atoms with Gasteiger partial charge < -0.3 is 10.2 Å². The molecule has 7 heteroatoms. The van der Waals surface area contributed by atoms with E-state index in [4.69, 9.17) is 21.8 Å². The second-order valence-electron chi connectivity index (χ2n) is 3.45. The zero-order valence-corrected chi connectivity index (χ0v) is 10.6. The van der Waals surface area contributed by atoms with Crippen molar-refractivity contribution in [3.05, 3.63) is 35.7 Å². The molecule has 2 N–H and O–H groups in total. The molecule has 0 radical (unpaired) electrons. The summed E-state index contributed by atoms with van der Waals surface area (Å²) >= 11 is 6.94. The molecule has 1 aromatic carbocycles. The summed E-state index contributed by atoms with van der Waals surface area (Å²) in [6.07, 6.45) is 1.46. The van der Waals surface area contributed by atoms with Gasteiger partial charge in [0.1, 0.15) is 10.5 Å². The van der Waals surface area contributed by atoms with Crippen molar-refractivity contribution in [2.24, 2.45) is 0 Å². The Labute approximate surface area is 111 Å². The quantitative estimate of drug-likeness (QED) is 0.573. The Kier molecular flexibility index (Phi) is 2.81. The van der Waals surface area contributed by atoms with E-state index in [0.29, 0.717) is 15.9 Å². The van der Waals surface area contributed by atoms with Crippen molar-refractivity contribution in [2.75, 3.05) is 5.73 Å². The summed E-state index contributed by atoms with van der Waals surface area (Å²) in [7, 11) is 0. The normalized spacial score (nSPS) is 10.9. The molecule has 0 amide bonds. The number of rotatable bonds is 2. The summed E-state index contributed by atoms with van der Waals surface area (Å²) in [6, 6.07) is 7.51. The molecule has 0 atom stereocenters. The van der Waals surface area contributed by atoms with Crippen molar-refractivity contribution in [1.82, 2.24) is 15.0 Å². The second kappa shape index (κ2) is 4.47. The van der Waals surface area contributed by atoms with Crippen LogP contribution in [0.5, 0.6) is 0 Å². The van der Waals surface area contributed by atoms with Crippen molar-refractivity contribution in [2.45, 2.75) is 10.2 Å². The van der Waals surface area contributed by atoms with Crippen molar-refractivity contribution >= 4 is 40.1 Å². The maximum absolute atomic E-state index is 5.76. The number of benzene rings is 1. The molecule has 0 spiro atoms. The van der Waals surface area contributed by atoms with Gasteiger partial charge in [0.05, 0.1) is 11.9 Å². The molecule has 3 aromatic rings. The first-order valence-corrected chi connectivity index (χ1v) is 6.23. The lowest BCUT2D eigenvalue weighted by Gasteiger charge is -2.00. The van der Waals surface area contributed by atoms with Gasteiger partial charge in [-0.3, -0.25) is 0 Å². The third kappa shape index (κ3) is 2.12. The van der Waals surface area contributed by atoms with Crippen LogP contribution >= 0.6 is 23.4 Å². The molecule has 18 heavy (non-hydrogen) atoms. The van der Waals surface area contributed by atoms with E-state index in [9.17, 15) is 0 Å². The maximum atomic E-state index is 5.76. The molecule has 90 valence electrons. The second-order valence-corrected chi connectivity index (χ2v) is 4.73. The van der Waals surface area contributed by atoms with E-state index in [1.165, 1.54) is 18.0 Å². The average molecular weight is 279 g/mol. The van der Waals surface area contributed by atoms with Crippen LogP contribution in [0.3, 0.4) is 0 Å². The number of oxazole rings is 1. The van der Waals surface area contributed by atoms with Gasteiger partial charge in [-0.05, 0) is 35.5 Å². The van der Waals surface area contributed by atoms with Crippen LogP contribution in [0.25, 0.3) is 11.1 Å². The van der Waals surface area contributed by atoms with Crippen molar-refractivity contribution < 1.29 is 4.42 Å². The molecule has 0 saturated carbocycles. The highest BCUT2D eigenvalue weighted by Gasteiger charge is 2.11. The van der Waals surface area contributed by atoms with Crippen molar-refractivity contribution in [3.8, 4) is 0 Å². The molecule has 0 aliphatic rings. The lowest BCUT2D eigenvalue weighted by atomic mass is 10.3. The van der Waals surface area contributed by atoms with Crippen LogP contribution in [0.15, 0.2) is 45.1 Å². The lowest BCUT2D eigenvalue weighted by Crippen LogP contribution is -1.94. The summed E-state index contributed by atoms with van der Waals surface area (Å²) < 4.78 is 5.56. The lowest BCUT2D eigenvalue weighted by molar-refractivity contribution is 0.489. The Hall–Kier alpha value is -1.79. The number of anilines is 1. The minimum Gasteiger partial charge on any atom is -0.431 e. The summed E-state index contributed by atoms with van der Waals surface area (Å²) in [4.78, 5) is 12.1. The topological polar surface area (TPSA) is 77.8 Å². The van der Waals surface area contributed by atoms with Crippen LogP contribution in [-0.4, -0.2) is 15.0 Å². The van der Waals surface area contributed by atoms with Gasteiger partial charge in [0, 0.05) is 0 Å². The van der Waals surface area contributed by atoms with Gasteiger partial charge in [-0.15, -0.1) is 0 Å². The van der Waals surface area contributed by atoms with Gasteiger partial charge in [0.25, 0.3) is 5.22 Å². The van der Waals surface area contributed by atoms with Crippen LogP contribution in [0.4, 0.5) is 5.69 Å². The molecule has 0 aliphatic carbocycles. The molecule has 2 heterocycles. The molecule has 5 nitrogen and oxygen atoms in total. The minimum absolute atomic E-state index is 0.141. The number of nitrogens with two attached hydrogens (primary N) is 1. The summed E-state index contributed by atoms with van der Waals surface area (Å²) in [6.45, 7) is 0. The van der Waals surface area contributed by atoms with E-state index in [1.54, 1.807) is 0 Å². The summed E-state index contributed by atoms with van der Waals surface area (Å²) in [5, 5.41) is 1.14. The number of halogens is 1. The number of aromatic nitrogens is 3. The Morgan fingerprint density at radius 2 is 2.06 bits per heavy atom. The van der Waals surface area contributed by atoms with Crippen LogP contribution in [-0.2, 0) is 0 Å². The molecule has 0 aliphatic heterocycles. The fourth-order valence-corrected chi connectivity index (χ4v) is 2.34. The first-order valence-electron chi connectivity index (χ1n) is 5.04. The molecule has 3 rings (SSSR count). The van der Waals surface area contributed by atoms with Crippen LogP contribution < -0.4 is 5.73 Å². The Bertz CT molecular complexity index is 682. The first-order chi connectivity index (χ1) is 8.72. The first kappa shape index (κ1) is 11.3. The van der Waals surface area contributed by atoms with Gasteiger partial charge >= 0.3 is 0 Å². The van der Waals surface area contributed by atoms with Gasteiger partial charge in [-0.1, -0.05) is 12.1 Å². The SMILES string of the molecule is Nc1cnc(Cl)nc1Sc1nc2ccccc2o1. The maximum Gasteiger partial charge on any atom is 0.263 e. The molecule has 0 bridgehead atoms.